The molecule has 0 saturated carbocycles. The maximum atomic E-state index is 9.46. The average molecular weight is 371 g/mol. The number of aliphatic hydroxyl groups excluding tert-OH is 1. The summed E-state index contributed by atoms with van der Waals surface area (Å²) in [7, 11) is 4.97. The lowest BCUT2D eigenvalue weighted by molar-refractivity contribution is 0.116. The molecular weight excluding hydrogens is 342 g/mol. The summed E-state index contributed by atoms with van der Waals surface area (Å²) >= 11 is 0. The molecule has 27 heavy (non-hydrogen) atoms. The zero-order valence-electron chi connectivity index (χ0n) is 16.4. The smallest absolute Gasteiger partial charge is 0.161 e. The normalized spacial score (nSPS) is 17.6. The van der Waals surface area contributed by atoms with Crippen molar-refractivity contribution < 1.29 is 19.3 Å². The highest BCUT2D eigenvalue weighted by atomic mass is 16.5. The van der Waals surface area contributed by atoms with Gasteiger partial charge in [0.15, 0.2) is 11.5 Å². The zero-order chi connectivity index (χ0) is 19.2. The van der Waals surface area contributed by atoms with Gasteiger partial charge in [-0.1, -0.05) is 12.1 Å². The summed E-state index contributed by atoms with van der Waals surface area (Å²) in [4.78, 5) is 2.42. The Kier molecular flexibility index (Phi) is 6.58. The van der Waals surface area contributed by atoms with Gasteiger partial charge in [-0.15, -0.1) is 0 Å². The van der Waals surface area contributed by atoms with Gasteiger partial charge < -0.3 is 19.3 Å². The van der Waals surface area contributed by atoms with Crippen LogP contribution in [0, 0.1) is 5.92 Å². The van der Waals surface area contributed by atoms with Gasteiger partial charge in [-0.2, -0.15) is 0 Å². The molecule has 0 amide bonds. The van der Waals surface area contributed by atoms with Crippen molar-refractivity contribution >= 4 is 0 Å². The standard InChI is InChI=1S/C22H29NO4/c1-25-20-8-6-16(13-23-10-4-5-17(14-23)15-24)11-19(20)18-7-9-21(26-2)22(12-18)27-3/h6-9,11-12,17,24H,4-5,10,13-15H2,1-3H3. The molecule has 2 aromatic carbocycles. The summed E-state index contributed by atoms with van der Waals surface area (Å²) in [6.45, 7) is 3.18. The molecule has 1 fully saturated rings. The summed E-state index contributed by atoms with van der Waals surface area (Å²) in [5.41, 5.74) is 3.30. The van der Waals surface area contributed by atoms with Gasteiger partial charge in [0.1, 0.15) is 5.75 Å². The third-order valence-electron chi connectivity index (χ3n) is 5.23. The lowest BCUT2D eigenvalue weighted by Crippen LogP contribution is -2.36. The van der Waals surface area contributed by atoms with Crippen LogP contribution >= 0.6 is 0 Å². The molecule has 1 heterocycles. The molecule has 2 aromatic rings. The van der Waals surface area contributed by atoms with Crippen LogP contribution in [0.25, 0.3) is 11.1 Å². The fourth-order valence-electron chi connectivity index (χ4n) is 3.78. The minimum Gasteiger partial charge on any atom is -0.496 e. The van der Waals surface area contributed by atoms with E-state index < -0.39 is 0 Å². The molecule has 0 bridgehead atoms. The van der Waals surface area contributed by atoms with Crippen LogP contribution in [0.2, 0.25) is 0 Å². The van der Waals surface area contributed by atoms with Gasteiger partial charge in [0, 0.05) is 25.3 Å². The second kappa shape index (κ2) is 9.11. The van der Waals surface area contributed by atoms with Crippen LogP contribution in [0.5, 0.6) is 17.2 Å². The first kappa shape index (κ1) is 19.5. The number of hydrogen-bond donors (Lipinski definition) is 1. The molecule has 146 valence electrons. The van der Waals surface area contributed by atoms with E-state index in [-0.39, 0.29) is 6.61 Å². The van der Waals surface area contributed by atoms with Crippen LogP contribution < -0.4 is 14.2 Å². The largest absolute Gasteiger partial charge is 0.496 e. The van der Waals surface area contributed by atoms with Gasteiger partial charge in [0.05, 0.1) is 21.3 Å². The Morgan fingerprint density at radius 2 is 1.70 bits per heavy atom. The molecule has 1 unspecified atom stereocenters. The predicted octanol–water partition coefficient (Wildman–Crippen LogP) is 3.58. The molecule has 1 atom stereocenters. The predicted molar refractivity (Wildman–Crippen MR) is 107 cm³/mol. The Labute approximate surface area is 161 Å². The van der Waals surface area contributed by atoms with Gasteiger partial charge in [-0.3, -0.25) is 4.90 Å². The second-order valence-corrected chi connectivity index (χ2v) is 7.03. The first-order valence-electron chi connectivity index (χ1n) is 9.41. The fourth-order valence-corrected chi connectivity index (χ4v) is 3.78. The third-order valence-corrected chi connectivity index (χ3v) is 5.23. The van der Waals surface area contributed by atoms with E-state index in [1.807, 2.05) is 24.3 Å². The molecule has 3 rings (SSSR count). The highest BCUT2D eigenvalue weighted by molar-refractivity contribution is 5.73. The molecule has 1 aliphatic rings. The Morgan fingerprint density at radius 3 is 2.41 bits per heavy atom. The second-order valence-electron chi connectivity index (χ2n) is 7.03. The third kappa shape index (κ3) is 4.54. The first-order chi connectivity index (χ1) is 13.2. The van der Waals surface area contributed by atoms with E-state index in [0.717, 1.165) is 49.4 Å². The van der Waals surface area contributed by atoms with Crippen molar-refractivity contribution in [2.24, 2.45) is 5.92 Å². The van der Waals surface area contributed by atoms with Crippen molar-refractivity contribution in [2.45, 2.75) is 19.4 Å². The monoisotopic (exact) mass is 371 g/mol. The summed E-state index contributed by atoms with van der Waals surface area (Å²) in [6, 6.07) is 12.2. The van der Waals surface area contributed by atoms with Crippen LogP contribution in [0.15, 0.2) is 36.4 Å². The van der Waals surface area contributed by atoms with Gasteiger partial charge in [0.25, 0.3) is 0 Å². The van der Waals surface area contributed by atoms with E-state index in [4.69, 9.17) is 14.2 Å². The molecule has 1 aliphatic heterocycles. The summed E-state index contributed by atoms with van der Waals surface area (Å²) in [5, 5.41) is 9.46. The highest BCUT2D eigenvalue weighted by Crippen LogP contribution is 2.37. The molecule has 5 nitrogen and oxygen atoms in total. The summed E-state index contributed by atoms with van der Waals surface area (Å²) < 4.78 is 16.4. The van der Waals surface area contributed by atoms with E-state index in [2.05, 4.69) is 17.0 Å². The average Bonchev–Trinajstić information content (AvgIpc) is 2.73. The van der Waals surface area contributed by atoms with Crippen LogP contribution in [0.4, 0.5) is 0 Å². The van der Waals surface area contributed by atoms with Crippen LogP contribution in [0.1, 0.15) is 18.4 Å². The maximum Gasteiger partial charge on any atom is 0.161 e. The molecule has 0 spiro atoms. The Morgan fingerprint density at radius 1 is 0.963 bits per heavy atom. The maximum absolute atomic E-state index is 9.46. The van der Waals surface area contributed by atoms with Crippen molar-refractivity contribution in [3.05, 3.63) is 42.0 Å². The van der Waals surface area contributed by atoms with E-state index >= 15 is 0 Å². The number of piperidine rings is 1. The molecule has 0 aromatic heterocycles. The summed E-state index contributed by atoms with van der Waals surface area (Å²) in [5.74, 6) is 2.63. The Bertz CT molecular complexity index is 762. The first-order valence-corrected chi connectivity index (χ1v) is 9.41. The molecule has 1 N–H and O–H groups in total. The van der Waals surface area contributed by atoms with Crippen molar-refractivity contribution in [1.29, 1.82) is 0 Å². The van der Waals surface area contributed by atoms with E-state index in [0.29, 0.717) is 17.4 Å². The van der Waals surface area contributed by atoms with Gasteiger partial charge in [-0.05, 0) is 60.7 Å². The number of rotatable bonds is 7. The Balaban J connectivity index is 1.88. The molecule has 0 aliphatic carbocycles. The number of benzene rings is 2. The summed E-state index contributed by atoms with van der Waals surface area (Å²) in [6.07, 6.45) is 2.26. The number of ether oxygens (including phenoxy) is 3. The number of aliphatic hydroxyl groups is 1. The van der Waals surface area contributed by atoms with Gasteiger partial charge in [-0.25, -0.2) is 0 Å². The molecule has 0 radical (unpaired) electrons. The fraction of sp³-hybridized carbons (Fsp3) is 0.455. The van der Waals surface area contributed by atoms with Crippen molar-refractivity contribution in [3.63, 3.8) is 0 Å². The Hall–Kier alpha value is -2.24. The topological polar surface area (TPSA) is 51.2 Å². The van der Waals surface area contributed by atoms with Crippen LogP contribution in [0.3, 0.4) is 0 Å². The lowest BCUT2D eigenvalue weighted by Gasteiger charge is -2.31. The number of hydrogen-bond acceptors (Lipinski definition) is 5. The number of nitrogens with zero attached hydrogens (tertiary/aromatic N) is 1. The quantitative estimate of drug-likeness (QED) is 0.806. The highest BCUT2D eigenvalue weighted by Gasteiger charge is 2.20. The molecular formula is C22H29NO4. The minimum absolute atomic E-state index is 0.274. The van der Waals surface area contributed by atoms with Crippen molar-refractivity contribution in [3.8, 4) is 28.4 Å². The van der Waals surface area contributed by atoms with Gasteiger partial charge in [0.2, 0.25) is 0 Å². The SMILES string of the molecule is COc1ccc(-c2cc(CN3CCCC(CO)C3)ccc2OC)cc1OC. The van der Waals surface area contributed by atoms with Crippen molar-refractivity contribution in [2.75, 3.05) is 41.0 Å². The minimum atomic E-state index is 0.274. The zero-order valence-corrected chi connectivity index (χ0v) is 16.4. The van der Waals surface area contributed by atoms with Crippen LogP contribution in [-0.4, -0.2) is 51.0 Å². The van der Waals surface area contributed by atoms with Crippen molar-refractivity contribution in [1.82, 2.24) is 4.90 Å². The van der Waals surface area contributed by atoms with Crippen LogP contribution in [-0.2, 0) is 6.54 Å². The molecule has 5 heteroatoms. The van der Waals surface area contributed by atoms with E-state index in [1.54, 1.807) is 21.3 Å². The lowest BCUT2D eigenvalue weighted by atomic mass is 9.97. The number of likely N-dealkylation sites (tertiary alicyclic amines) is 1. The van der Waals surface area contributed by atoms with E-state index in [9.17, 15) is 5.11 Å². The van der Waals surface area contributed by atoms with Gasteiger partial charge >= 0.3 is 0 Å². The molecule has 1 saturated heterocycles. The number of methoxy groups -OCH3 is 3. The van der Waals surface area contributed by atoms with E-state index in [1.165, 1.54) is 5.56 Å².